The summed E-state index contributed by atoms with van der Waals surface area (Å²) >= 11 is 0.935. The molecule has 0 spiro atoms. The Labute approximate surface area is 157 Å². The van der Waals surface area contributed by atoms with Crippen molar-refractivity contribution >= 4 is 29.1 Å². The number of nitrogens with one attached hydrogen (secondary N) is 1. The predicted octanol–water partition coefficient (Wildman–Crippen LogP) is 2.80. The number of morpholine rings is 1. The first-order valence-corrected chi connectivity index (χ1v) is 8.88. The third kappa shape index (κ3) is 4.66. The molecule has 0 unspecified atom stereocenters. The molecule has 0 bridgehead atoms. The number of rotatable bonds is 5. The average Bonchev–Trinajstić information content (AvgIpc) is 3.10. The molecule has 3 rings (SSSR count). The number of alkyl halides is 3. The Morgan fingerprint density at radius 1 is 1.30 bits per heavy atom. The summed E-state index contributed by atoms with van der Waals surface area (Å²) in [6.45, 7) is 3.75. The smallest absolute Gasteiger partial charge is 0.418 e. The highest BCUT2D eigenvalue weighted by Gasteiger charge is 2.34. The molecule has 0 aliphatic carbocycles. The van der Waals surface area contributed by atoms with Crippen molar-refractivity contribution in [2.45, 2.75) is 19.2 Å². The summed E-state index contributed by atoms with van der Waals surface area (Å²) < 4.78 is 58.2. The summed E-state index contributed by atoms with van der Waals surface area (Å²) in [6.07, 6.45) is -5.63. The van der Waals surface area contributed by atoms with Crippen LogP contribution in [0.1, 0.15) is 12.5 Å². The molecular weight excluding hydrogens is 385 g/mol. The average molecular weight is 402 g/mol. The maximum Gasteiger partial charge on any atom is 0.418 e. The third-order valence-corrected chi connectivity index (χ3v) is 4.40. The molecule has 1 saturated heterocycles. The summed E-state index contributed by atoms with van der Waals surface area (Å²) in [5, 5.41) is 2.27. The van der Waals surface area contributed by atoms with Crippen LogP contribution in [-0.2, 0) is 15.7 Å². The number of para-hydroxylation sites is 1. The van der Waals surface area contributed by atoms with Crippen molar-refractivity contribution in [3.05, 3.63) is 29.8 Å². The van der Waals surface area contributed by atoms with E-state index in [1.807, 2.05) is 4.90 Å². The minimum Gasteiger partial charge on any atom is -0.461 e. The van der Waals surface area contributed by atoms with Crippen LogP contribution in [0.15, 0.2) is 24.3 Å². The number of amides is 1. The maximum absolute atomic E-state index is 13.0. The summed E-state index contributed by atoms with van der Waals surface area (Å²) in [4.78, 5) is 14.2. The van der Waals surface area contributed by atoms with Crippen LogP contribution in [0.5, 0.6) is 5.88 Å². The van der Waals surface area contributed by atoms with Gasteiger partial charge in [-0.25, -0.2) is 0 Å². The Kier molecular flexibility index (Phi) is 5.80. The highest BCUT2D eigenvalue weighted by Crippen LogP contribution is 2.34. The molecule has 1 aliphatic rings. The van der Waals surface area contributed by atoms with Gasteiger partial charge in [-0.15, -0.1) is 4.37 Å². The standard InChI is InChI=1S/C16H17F3N4O3S/c1-10(14(24)20-12-5-3-2-4-11(12)16(17,18)19)26-15-13(21-27-22-15)23-6-8-25-9-7-23/h2-5,10H,6-9H2,1H3,(H,20,24)/t10-/m1/s1. The molecule has 1 amide bonds. The highest BCUT2D eigenvalue weighted by atomic mass is 32.1. The van der Waals surface area contributed by atoms with Crippen LogP contribution in [0, 0.1) is 0 Å². The van der Waals surface area contributed by atoms with Gasteiger partial charge >= 0.3 is 6.18 Å². The zero-order chi connectivity index (χ0) is 19.4. The minimum absolute atomic E-state index is 0.175. The number of ether oxygens (including phenoxy) is 2. The van der Waals surface area contributed by atoms with Gasteiger partial charge in [-0.1, -0.05) is 12.1 Å². The number of carbonyl (C=O) groups is 1. The first-order valence-electron chi connectivity index (χ1n) is 8.15. The number of hydrogen-bond donors (Lipinski definition) is 1. The van der Waals surface area contributed by atoms with E-state index in [2.05, 4.69) is 14.1 Å². The van der Waals surface area contributed by atoms with E-state index in [-0.39, 0.29) is 11.6 Å². The Morgan fingerprint density at radius 3 is 2.70 bits per heavy atom. The predicted molar refractivity (Wildman–Crippen MR) is 93.1 cm³/mol. The fraction of sp³-hybridized carbons (Fsp3) is 0.438. The van der Waals surface area contributed by atoms with Crippen molar-refractivity contribution in [1.82, 2.24) is 8.75 Å². The van der Waals surface area contributed by atoms with Crippen LogP contribution in [0.3, 0.4) is 0 Å². The molecule has 27 heavy (non-hydrogen) atoms. The van der Waals surface area contributed by atoms with E-state index in [0.29, 0.717) is 32.1 Å². The second-order valence-corrected chi connectivity index (χ2v) is 6.31. The number of nitrogens with zero attached hydrogens (tertiary/aromatic N) is 3. The molecule has 146 valence electrons. The molecule has 0 radical (unpaired) electrons. The molecule has 1 fully saturated rings. The van der Waals surface area contributed by atoms with Crippen LogP contribution in [0.4, 0.5) is 24.7 Å². The van der Waals surface area contributed by atoms with E-state index in [1.54, 1.807) is 0 Å². The summed E-state index contributed by atoms with van der Waals surface area (Å²) in [5.41, 5.74) is -1.25. The van der Waals surface area contributed by atoms with Gasteiger partial charge in [-0.2, -0.15) is 17.5 Å². The fourth-order valence-electron chi connectivity index (χ4n) is 2.51. The lowest BCUT2D eigenvalue weighted by atomic mass is 10.1. The van der Waals surface area contributed by atoms with E-state index in [9.17, 15) is 18.0 Å². The van der Waals surface area contributed by atoms with E-state index < -0.39 is 23.8 Å². The van der Waals surface area contributed by atoms with Crippen molar-refractivity contribution < 1.29 is 27.4 Å². The zero-order valence-corrected chi connectivity index (χ0v) is 15.1. The lowest BCUT2D eigenvalue weighted by Gasteiger charge is -2.27. The SMILES string of the molecule is C[C@@H](Oc1nsnc1N1CCOCC1)C(=O)Nc1ccccc1C(F)(F)F. The first-order chi connectivity index (χ1) is 12.9. The fourth-order valence-corrected chi connectivity index (χ4v) is 3.02. The quantitative estimate of drug-likeness (QED) is 0.829. The van der Waals surface area contributed by atoms with Gasteiger partial charge in [-0.3, -0.25) is 4.79 Å². The van der Waals surface area contributed by atoms with Crippen LogP contribution < -0.4 is 15.0 Å². The molecular formula is C16H17F3N4O3S. The van der Waals surface area contributed by atoms with Crippen molar-refractivity contribution in [3.8, 4) is 5.88 Å². The van der Waals surface area contributed by atoms with Gasteiger partial charge in [-0.05, 0) is 19.1 Å². The molecule has 1 aliphatic heterocycles. The molecule has 7 nitrogen and oxygen atoms in total. The van der Waals surface area contributed by atoms with Crippen molar-refractivity contribution in [1.29, 1.82) is 0 Å². The maximum atomic E-state index is 13.0. The number of halogens is 3. The largest absolute Gasteiger partial charge is 0.461 e. The zero-order valence-electron chi connectivity index (χ0n) is 14.3. The van der Waals surface area contributed by atoms with Crippen LogP contribution in [0.25, 0.3) is 0 Å². The van der Waals surface area contributed by atoms with E-state index in [4.69, 9.17) is 9.47 Å². The lowest BCUT2D eigenvalue weighted by molar-refractivity contribution is -0.137. The number of benzene rings is 1. The van der Waals surface area contributed by atoms with Gasteiger partial charge in [0.05, 0.1) is 36.2 Å². The van der Waals surface area contributed by atoms with Gasteiger partial charge in [0.2, 0.25) is 5.82 Å². The molecule has 2 heterocycles. The topological polar surface area (TPSA) is 76.6 Å². The normalized spacial score (nSPS) is 16.1. The summed E-state index contributed by atoms with van der Waals surface area (Å²) in [7, 11) is 0. The minimum atomic E-state index is -4.57. The monoisotopic (exact) mass is 402 g/mol. The van der Waals surface area contributed by atoms with Crippen molar-refractivity contribution in [3.63, 3.8) is 0 Å². The van der Waals surface area contributed by atoms with Gasteiger partial charge in [0.25, 0.3) is 11.8 Å². The third-order valence-electron chi connectivity index (χ3n) is 3.90. The van der Waals surface area contributed by atoms with E-state index in [1.165, 1.54) is 25.1 Å². The Morgan fingerprint density at radius 2 is 2.00 bits per heavy atom. The van der Waals surface area contributed by atoms with Crippen LogP contribution >= 0.6 is 11.7 Å². The second kappa shape index (κ2) is 8.09. The van der Waals surface area contributed by atoms with Gasteiger partial charge in [0.15, 0.2) is 6.10 Å². The molecule has 0 saturated carbocycles. The number of carbonyl (C=O) groups excluding carboxylic acids is 1. The van der Waals surface area contributed by atoms with E-state index >= 15 is 0 Å². The Hall–Kier alpha value is -2.40. The number of aromatic nitrogens is 2. The lowest BCUT2D eigenvalue weighted by Crippen LogP contribution is -2.37. The van der Waals surface area contributed by atoms with Crippen LogP contribution in [-0.4, -0.2) is 47.1 Å². The van der Waals surface area contributed by atoms with Crippen molar-refractivity contribution in [2.75, 3.05) is 36.5 Å². The summed E-state index contributed by atoms with van der Waals surface area (Å²) in [6, 6.07) is 4.77. The molecule has 1 aromatic heterocycles. The molecule has 11 heteroatoms. The van der Waals surface area contributed by atoms with Crippen LogP contribution in [0.2, 0.25) is 0 Å². The second-order valence-electron chi connectivity index (χ2n) is 5.79. The van der Waals surface area contributed by atoms with Gasteiger partial charge < -0.3 is 19.7 Å². The van der Waals surface area contributed by atoms with Gasteiger partial charge in [0, 0.05) is 13.1 Å². The van der Waals surface area contributed by atoms with Crippen molar-refractivity contribution in [2.24, 2.45) is 0 Å². The Balaban J connectivity index is 1.68. The molecule has 1 atom stereocenters. The number of hydrogen-bond acceptors (Lipinski definition) is 7. The Bertz CT molecular complexity index is 793. The molecule has 2 aromatic rings. The molecule has 1 aromatic carbocycles. The first kappa shape index (κ1) is 19.4. The highest BCUT2D eigenvalue weighted by molar-refractivity contribution is 6.99. The van der Waals surface area contributed by atoms with Gasteiger partial charge in [0.1, 0.15) is 0 Å². The molecule has 1 N–H and O–H groups in total. The number of anilines is 2. The van der Waals surface area contributed by atoms with E-state index in [0.717, 1.165) is 17.8 Å². The summed E-state index contributed by atoms with van der Waals surface area (Å²) in [5.74, 6) is -0.0417.